The van der Waals surface area contributed by atoms with Crippen molar-refractivity contribution >= 4 is 11.7 Å². The van der Waals surface area contributed by atoms with Gasteiger partial charge in [-0.1, -0.05) is 25.0 Å². The standard InChI is InChI=1S/C22H31N5O/c28-22(24-20-9-13-26(14-10-20)16-18-5-1-2-6-18)25-21-8-3-7-19(15-21)17-27-12-4-11-23-27/h3-4,7-8,11-12,15,18,20H,1-2,5-6,9-10,13-14,16-17H2,(H2,24,25,28). The first-order chi connectivity index (χ1) is 13.7. The van der Waals surface area contributed by atoms with E-state index >= 15 is 0 Å². The Hall–Kier alpha value is -2.34. The highest BCUT2D eigenvalue weighted by atomic mass is 16.2. The van der Waals surface area contributed by atoms with Crippen molar-refractivity contribution in [2.45, 2.75) is 51.1 Å². The number of aromatic nitrogens is 2. The number of anilines is 1. The molecule has 2 amide bonds. The first kappa shape index (κ1) is 19.0. The van der Waals surface area contributed by atoms with Crippen molar-refractivity contribution in [2.75, 3.05) is 25.0 Å². The molecule has 2 aromatic rings. The zero-order valence-electron chi connectivity index (χ0n) is 16.5. The zero-order valence-corrected chi connectivity index (χ0v) is 16.5. The smallest absolute Gasteiger partial charge is 0.319 e. The van der Waals surface area contributed by atoms with Crippen LogP contribution in [0.5, 0.6) is 0 Å². The summed E-state index contributed by atoms with van der Waals surface area (Å²) in [6.45, 7) is 4.15. The number of hydrogen-bond donors (Lipinski definition) is 2. The van der Waals surface area contributed by atoms with Crippen LogP contribution in [0.1, 0.15) is 44.1 Å². The SMILES string of the molecule is O=C(Nc1cccc(Cn2cccn2)c1)NC1CCN(CC2CCCC2)CC1. The third kappa shape index (κ3) is 5.35. The fraction of sp³-hybridized carbons (Fsp3) is 0.545. The molecular formula is C22H31N5O. The fourth-order valence-electron chi connectivity index (χ4n) is 4.50. The lowest BCUT2D eigenvalue weighted by Crippen LogP contribution is -2.46. The van der Waals surface area contributed by atoms with Gasteiger partial charge in [0.15, 0.2) is 0 Å². The first-order valence-electron chi connectivity index (χ1n) is 10.6. The number of nitrogens with zero attached hydrogens (tertiary/aromatic N) is 3. The fourth-order valence-corrected chi connectivity index (χ4v) is 4.50. The minimum Gasteiger partial charge on any atom is -0.335 e. The molecule has 0 radical (unpaired) electrons. The molecule has 0 atom stereocenters. The van der Waals surface area contributed by atoms with Crippen LogP contribution < -0.4 is 10.6 Å². The highest BCUT2D eigenvalue weighted by Gasteiger charge is 2.24. The van der Waals surface area contributed by atoms with E-state index in [2.05, 4.69) is 20.6 Å². The molecule has 0 bridgehead atoms. The molecule has 1 saturated heterocycles. The van der Waals surface area contributed by atoms with Crippen LogP contribution in [0.3, 0.4) is 0 Å². The number of urea groups is 1. The highest BCUT2D eigenvalue weighted by molar-refractivity contribution is 5.89. The molecule has 28 heavy (non-hydrogen) atoms. The van der Waals surface area contributed by atoms with E-state index in [0.29, 0.717) is 6.54 Å². The summed E-state index contributed by atoms with van der Waals surface area (Å²) < 4.78 is 1.87. The summed E-state index contributed by atoms with van der Waals surface area (Å²) in [7, 11) is 0. The average Bonchev–Trinajstić information content (AvgIpc) is 3.38. The molecular weight excluding hydrogens is 350 g/mol. The Labute approximate surface area is 167 Å². The molecule has 150 valence electrons. The first-order valence-corrected chi connectivity index (χ1v) is 10.6. The third-order valence-electron chi connectivity index (χ3n) is 6.00. The molecule has 1 aromatic heterocycles. The van der Waals surface area contributed by atoms with Gasteiger partial charge in [-0.15, -0.1) is 0 Å². The molecule has 4 rings (SSSR count). The number of amides is 2. The lowest BCUT2D eigenvalue weighted by Gasteiger charge is -2.33. The molecule has 6 heteroatoms. The van der Waals surface area contributed by atoms with E-state index in [1.807, 2.05) is 41.2 Å². The number of hydrogen-bond acceptors (Lipinski definition) is 3. The predicted molar refractivity (Wildman–Crippen MR) is 111 cm³/mol. The summed E-state index contributed by atoms with van der Waals surface area (Å²) in [6.07, 6.45) is 11.4. The number of nitrogens with one attached hydrogen (secondary N) is 2. The summed E-state index contributed by atoms with van der Waals surface area (Å²) in [5.74, 6) is 0.904. The normalized spacial score (nSPS) is 19.0. The zero-order chi connectivity index (χ0) is 19.2. The van der Waals surface area contributed by atoms with Crippen LogP contribution in [0.15, 0.2) is 42.7 Å². The summed E-state index contributed by atoms with van der Waals surface area (Å²) in [6, 6.07) is 10.0. The molecule has 0 spiro atoms. The Morgan fingerprint density at radius 3 is 2.68 bits per heavy atom. The van der Waals surface area contributed by atoms with E-state index in [9.17, 15) is 4.79 Å². The van der Waals surface area contributed by atoms with Crippen LogP contribution in [-0.2, 0) is 6.54 Å². The average molecular weight is 382 g/mol. The molecule has 2 aliphatic rings. The predicted octanol–water partition coefficient (Wildman–Crippen LogP) is 3.71. The van der Waals surface area contributed by atoms with Crippen molar-refractivity contribution in [3.05, 3.63) is 48.3 Å². The topological polar surface area (TPSA) is 62.2 Å². The summed E-state index contributed by atoms with van der Waals surface area (Å²) in [5.41, 5.74) is 1.93. The van der Waals surface area contributed by atoms with Gasteiger partial charge in [0.25, 0.3) is 0 Å². The van der Waals surface area contributed by atoms with Gasteiger partial charge in [-0.2, -0.15) is 5.10 Å². The highest BCUT2D eigenvalue weighted by Crippen LogP contribution is 2.26. The van der Waals surface area contributed by atoms with Gasteiger partial charge in [-0.25, -0.2) is 4.79 Å². The van der Waals surface area contributed by atoms with Crippen molar-refractivity contribution in [3.63, 3.8) is 0 Å². The maximum atomic E-state index is 12.4. The van der Waals surface area contributed by atoms with Gasteiger partial charge in [0.2, 0.25) is 0 Å². The maximum Gasteiger partial charge on any atom is 0.319 e. The Morgan fingerprint density at radius 2 is 1.93 bits per heavy atom. The molecule has 2 heterocycles. The summed E-state index contributed by atoms with van der Waals surface area (Å²) >= 11 is 0. The van der Waals surface area contributed by atoms with E-state index < -0.39 is 0 Å². The van der Waals surface area contributed by atoms with E-state index in [1.54, 1.807) is 6.20 Å². The largest absolute Gasteiger partial charge is 0.335 e. The quantitative estimate of drug-likeness (QED) is 0.802. The Balaban J connectivity index is 1.21. The van der Waals surface area contributed by atoms with Crippen molar-refractivity contribution < 1.29 is 4.79 Å². The minimum atomic E-state index is -0.106. The second kappa shape index (κ2) is 9.24. The summed E-state index contributed by atoms with van der Waals surface area (Å²) in [5, 5.41) is 10.4. The lowest BCUT2D eigenvalue weighted by atomic mass is 10.0. The van der Waals surface area contributed by atoms with Crippen LogP contribution in [0.4, 0.5) is 10.5 Å². The van der Waals surface area contributed by atoms with Crippen molar-refractivity contribution in [2.24, 2.45) is 5.92 Å². The summed E-state index contributed by atoms with van der Waals surface area (Å²) in [4.78, 5) is 15.0. The van der Waals surface area contributed by atoms with Crippen LogP contribution in [-0.4, -0.2) is 46.4 Å². The minimum absolute atomic E-state index is 0.106. The third-order valence-corrected chi connectivity index (χ3v) is 6.00. The van der Waals surface area contributed by atoms with Crippen LogP contribution in [0, 0.1) is 5.92 Å². The van der Waals surface area contributed by atoms with Crippen molar-refractivity contribution in [1.29, 1.82) is 0 Å². The van der Waals surface area contributed by atoms with Gasteiger partial charge in [0, 0.05) is 43.8 Å². The molecule has 1 saturated carbocycles. The molecule has 0 unspecified atom stereocenters. The van der Waals surface area contributed by atoms with Gasteiger partial charge in [0.1, 0.15) is 0 Å². The Bertz CT molecular complexity index is 746. The van der Waals surface area contributed by atoms with Crippen LogP contribution >= 0.6 is 0 Å². The molecule has 6 nitrogen and oxygen atoms in total. The molecule has 1 aliphatic heterocycles. The lowest BCUT2D eigenvalue weighted by molar-refractivity contribution is 0.173. The second-order valence-electron chi connectivity index (χ2n) is 8.23. The van der Waals surface area contributed by atoms with Gasteiger partial charge in [0.05, 0.1) is 6.54 Å². The van der Waals surface area contributed by atoms with Gasteiger partial charge >= 0.3 is 6.03 Å². The molecule has 1 aliphatic carbocycles. The van der Waals surface area contributed by atoms with Gasteiger partial charge in [-0.05, 0) is 55.4 Å². The van der Waals surface area contributed by atoms with E-state index in [4.69, 9.17) is 0 Å². The van der Waals surface area contributed by atoms with Crippen molar-refractivity contribution in [3.8, 4) is 0 Å². The van der Waals surface area contributed by atoms with E-state index in [0.717, 1.165) is 43.1 Å². The van der Waals surface area contributed by atoms with Gasteiger partial charge < -0.3 is 15.5 Å². The number of likely N-dealkylation sites (tertiary alicyclic amines) is 1. The second-order valence-corrected chi connectivity index (χ2v) is 8.23. The molecule has 2 fully saturated rings. The van der Waals surface area contributed by atoms with Crippen LogP contribution in [0.25, 0.3) is 0 Å². The maximum absolute atomic E-state index is 12.4. The number of rotatable bonds is 6. The molecule has 1 aromatic carbocycles. The monoisotopic (exact) mass is 381 g/mol. The van der Waals surface area contributed by atoms with E-state index in [-0.39, 0.29) is 12.1 Å². The Morgan fingerprint density at radius 1 is 1.11 bits per heavy atom. The van der Waals surface area contributed by atoms with E-state index in [1.165, 1.54) is 32.2 Å². The number of benzene rings is 1. The number of carbonyl (C=O) groups excluding carboxylic acids is 1. The Kier molecular flexibility index (Phi) is 6.27. The van der Waals surface area contributed by atoms with Crippen LogP contribution in [0.2, 0.25) is 0 Å². The number of carbonyl (C=O) groups is 1. The number of piperidine rings is 1. The van der Waals surface area contributed by atoms with Crippen molar-refractivity contribution in [1.82, 2.24) is 20.0 Å². The molecule has 2 N–H and O–H groups in total. The van der Waals surface area contributed by atoms with Gasteiger partial charge in [-0.3, -0.25) is 4.68 Å².